The maximum absolute atomic E-state index is 5.63. The van der Waals surface area contributed by atoms with Gasteiger partial charge in [-0.25, -0.2) is 4.98 Å². The topological polar surface area (TPSA) is 46.2 Å². The zero-order chi connectivity index (χ0) is 15.2. The van der Waals surface area contributed by atoms with E-state index in [-0.39, 0.29) is 0 Å². The van der Waals surface area contributed by atoms with Crippen molar-refractivity contribution >= 4 is 0 Å². The highest BCUT2D eigenvalue weighted by atomic mass is 16.3. The molecule has 0 aromatic carbocycles. The minimum Gasteiger partial charge on any atom is -0.468 e. The molecule has 2 aromatic heterocycles. The van der Waals surface area contributed by atoms with Crippen molar-refractivity contribution in [1.82, 2.24) is 19.8 Å². The lowest BCUT2D eigenvalue weighted by atomic mass is 10.2. The first-order valence-corrected chi connectivity index (χ1v) is 7.46. The van der Waals surface area contributed by atoms with Gasteiger partial charge < -0.3 is 14.3 Å². The Balaban J connectivity index is 1.80. The summed E-state index contributed by atoms with van der Waals surface area (Å²) in [5.74, 6) is 2.72. The van der Waals surface area contributed by atoms with Gasteiger partial charge >= 0.3 is 0 Å². The van der Waals surface area contributed by atoms with Crippen LogP contribution in [0.2, 0.25) is 0 Å². The first kappa shape index (κ1) is 15.8. The molecule has 116 valence electrons. The lowest BCUT2D eigenvalue weighted by Gasteiger charge is -2.14. The SMILES string of the molecule is CC(C)CNCc1coc(CN(C)Cc2nccn2C)c1. The van der Waals surface area contributed by atoms with E-state index in [0.717, 1.165) is 37.8 Å². The Labute approximate surface area is 127 Å². The van der Waals surface area contributed by atoms with Crippen molar-refractivity contribution in [3.63, 3.8) is 0 Å². The molecule has 0 spiro atoms. The lowest BCUT2D eigenvalue weighted by Crippen LogP contribution is -2.19. The second-order valence-corrected chi connectivity index (χ2v) is 6.07. The molecule has 0 aliphatic rings. The highest BCUT2D eigenvalue weighted by Crippen LogP contribution is 2.11. The fourth-order valence-corrected chi connectivity index (χ4v) is 2.22. The predicted octanol–water partition coefficient (Wildman–Crippen LogP) is 2.39. The number of aryl methyl sites for hydroxylation is 1. The molecule has 0 fully saturated rings. The minimum absolute atomic E-state index is 0.667. The van der Waals surface area contributed by atoms with Crippen LogP contribution in [0.1, 0.15) is 31.0 Å². The molecule has 2 rings (SSSR count). The summed E-state index contributed by atoms with van der Waals surface area (Å²) in [7, 11) is 4.09. The standard InChI is InChI=1S/C16H26N4O/c1-13(2)8-17-9-14-7-15(21-12-14)10-19(3)11-16-18-5-6-20(16)4/h5-7,12-13,17H,8-11H2,1-4H3. The molecule has 0 unspecified atom stereocenters. The molecule has 2 heterocycles. The number of furan rings is 1. The molecule has 5 heteroatoms. The maximum Gasteiger partial charge on any atom is 0.122 e. The van der Waals surface area contributed by atoms with Gasteiger partial charge in [0.15, 0.2) is 0 Å². The molecular weight excluding hydrogens is 264 g/mol. The van der Waals surface area contributed by atoms with Crippen molar-refractivity contribution in [2.75, 3.05) is 13.6 Å². The highest BCUT2D eigenvalue weighted by Gasteiger charge is 2.08. The number of hydrogen-bond acceptors (Lipinski definition) is 4. The molecular formula is C16H26N4O. The van der Waals surface area contributed by atoms with Gasteiger partial charge in [0.2, 0.25) is 0 Å². The summed E-state index contributed by atoms with van der Waals surface area (Å²) in [6.07, 6.45) is 5.64. The molecule has 0 bridgehead atoms. The molecule has 0 saturated heterocycles. The fraction of sp³-hybridized carbons (Fsp3) is 0.562. The minimum atomic E-state index is 0.667. The van der Waals surface area contributed by atoms with E-state index in [4.69, 9.17) is 4.42 Å². The van der Waals surface area contributed by atoms with Gasteiger partial charge in [0.1, 0.15) is 11.6 Å². The van der Waals surface area contributed by atoms with Gasteiger partial charge in [-0.2, -0.15) is 0 Å². The number of rotatable bonds is 8. The zero-order valence-corrected chi connectivity index (χ0v) is 13.5. The van der Waals surface area contributed by atoms with Crippen LogP contribution >= 0.6 is 0 Å². The van der Waals surface area contributed by atoms with Crippen molar-refractivity contribution in [2.45, 2.75) is 33.5 Å². The van der Waals surface area contributed by atoms with Crippen LogP contribution in [0.5, 0.6) is 0 Å². The molecule has 0 amide bonds. The second-order valence-electron chi connectivity index (χ2n) is 6.07. The van der Waals surface area contributed by atoms with Crippen molar-refractivity contribution in [3.05, 3.63) is 41.9 Å². The van der Waals surface area contributed by atoms with E-state index in [1.54, 1.807) is 0 Å². The lowest BCUT2D eigenvalue weighted by molar-refractivity contribution is 0.278. The van der Waals surface area contributed by atoms with E-state index < -0.39 is 0 Å². The quantitative estimate of drug-likeness (QED) is 0.811. The third-order valence-electron chi connectivity index (χ3n) is 3.35. The van der Waals surface area contributed by atoms with Crippen LogP contribution in [0.3, 0.4) is 0 Å². The van der Waals surface area contributed by atoms with Crippen LogP contribution in [0, 0.1) is 5.92 Å². The summed E-state index contributed by atoms with van der Waals surface area (Å²) in [6.45, 7) is 7.91. The molecule has 2 aromatic rings. The average Bonchev–Trinajstić information content (AvgIpc) is 3.00. The molecule has 0 radical (unpaired) electrons. The van der Waals surface area contributed by atoms with Gasteiger partial charge in [0.25, 0.3) is 0 Å². The Hall–Kier alpha value is -1.59. The highest BCUT2D eigenvalue weighted by molar-refractivity contribution is 5.12. The third kappa shape index (κ3) is 5.02. The number of imidazole rings is 1. The summed E-state index contributed by atoms with van der Waals surface area (Å²) < 4.78 is 7.67. The molecule has 0 atom stereocenters. The number of nitrogens with zero attached hydrogens (tertiary/aromatic N) is 3. The molecule has 1 N–H and O–H groups in total. The average molecular weight is 290 g/mol. The largest absolute Gasteiger partial charge is 0.468 e. The van der Waals surface area contributed by atoms with Gasteiger partial charge in [-0.3, -0.25) is 4.90 Å². The van der Waals surface area contributed by atoms with Crippen molar-refractivity contribution in [2.24, 2.45) is 13.0 Å². The third-order valence-corrected chi connectivity index (χ3v) is 3.35. The predicted molar refractivity (Wildman–Crippen MR) is 83.6 cm³/mol. The molecule has 0 aliphatic heterocycles. The zero-order valence-electron chi connectivity index (χ0n) is 13.5. The van der Waals surface area contributed by atoms with E-state index >= 15 is 0 Å². The van der Waals surface area contributed by atoms with Gasteiger partial charge in [0.05, 0.1) is 19.4 Å². The summed E-state index contributed by atoms with van der Waals surface area (Å²) in [6, 6.07) is 2.13. The monoisotopic (exact) mass is 290 g/mol. The Morgan fingerprint density at radius 2 is 2.19 bits per heavy atom. The first-order valence-electron chi connectivity index (χ1n) is 7.46. The fourth-order valence-electron chi connectivity index (χ4n) is 2.22. The van der Waals surface area contributed by atoms with E-state index in [1.807, 2.05) is 30.3 Å². The van der Waals surface area contributed by atoms with E-state index in [2.05, 4.69) is 42.2 Å². The van der Waals surface area contributed by atoms with Crippen LogP contribution in [-0.4, -0.2) is 28.0 Å². The Kier molecular flexibility index (Phi) is 5.59. The Bertz CT molecular complexity index is 544. The first-order chi connectivity index (χ1) is 10.0. The number of aromatic nitrogens is 2. The maximum atomic E-state index is 5.63. The van der Waals surface area contributed by atoms with E-state index in [0.29, 0.717) is 5.92 Å². The van der Waals surface area contributed by atoms with Gasteiger partial charge in [-0.1, -0.05) is 13.8 Å². The molecule has 21 heavy (non-hydrogen) atoms. The summed E-state index contributed by atoms with van der Waals surface area (Å²) in [4.78, 5) is 6.54. The summed E-state index contributed by atoms with van der Waals surface area (Å²) in [5, 5.41) is 3.42. The Morgan fingerprint density at radius 3 is 2.86 bits per heavy atom. The van der Waals surface area contributed by atoms with Crippen LogP contribution in [0.15, 0.2) is 29.1 Å². The summed E-state index contributed by atoms with van der Waals surface area (Å²) in [5.41, 5.74) is 1.20. The number of hydrogen-bond donors (Lipinski definition) is 1. The van der Waals surface area contributed by atoms with Crippen molar-refractivity contribution in [1.29, 1.82) is 0 Å². The van der Waals surface area contributed by atoms with E-state index in [1.165, 1.54) is 5.56 Å². The molecule has 0 saturated carbocycles. The number of nitrogens with one attached hydrogen (secondary N) is 1. The van der Waals surface area contributed by atoms with Gasteiger partial charge in [0, 0.05) is 31.5 Å². The smallest absolute Gasteiger partial charge is 0.122 e. The Morgan fingerprint density at radius 1 is 1.38 bits per heavy atom. The van der Waals surface area contributed by atoms with Crippen LogP contribution < -0.4 is 5.32 Å². The van der Waals surface area contributed by atoms with E-state index in [9.17, 15) is 0 Å². The van der Waals surface area contributed by atoms with Crippen LogP contribution in [0.25, 0.3) is 0 Å². The van der Waals surface area contributed by atoms with Crippen LogP contribution in [-0.2, 0) is 26.7 Å². The second kappa shape index (κ2) is 7.43. The van der Waals surface area contributed by atoms with Crippen LogP contribution in [0.4, 0.5) is 0 Å². The molecule has 0 aliphatic carbocycles. The normalized spacial score (nSPS) is 11.7. The van der Waals surface area contributed by atoms with Gasteiger partial charge in [-0.05, 0) is 25.6 Å². The van der Waals surface area contributed by atoms with Crippen molar-refractivity contribution in [3.8, 4) is 0 Å². The van der Waals surface area contributed by atoms with Crippen molar-refractivity contribution < 1.29 is 4.42 Å². The van der Waals surface area contributed by atoms with Gasteiger partial charge in [-0.15, -0.1) is 0 Å². The molecule has 5 nitrogen and oxygen atoms in total. The summed E-state index contributed by atoms with van der Waals surface area (Å²) >= 11 is 0.